The smallest absolute Gasteiger partial charge is 0.371 e. The zero-order valence-corrected chi connectivity index (χ0v) is 10.6. The van der Waals surface area contributed by atoms with Gasteiger partial charge in [-0.1, -0.05) is 0 Å². The zero-order valence-electron chi connectivity index (χ0n) is 10.6. The van der Waals surface area contributed by atoms with E-state index in [1.54, 1.807) is 6.07 Å². The van der Waals surface area contributed by atoms with Gasteiger partial charge in [-0.05, 0) is 24.3 Å². The third-order valence-electron chi connectivity index (χ3n) is 2.88. The van der Waals surface area contributed by atoms with E-state index in [4.69, 9.17) is 19.0 Å². The Morgan fingerprint density at radius 2 is 1.95 bits per heavy atom. The van der Waals surface area contributed by atoms with Crippen molar-refractivity contribution in [3.63, 3.8) is 0 Å². The molecule has 1 aromatic heterocycles. The van der Waals surface area contributed by atoms with Gasteiger partial charge >= 0.3 is 5.97 Å². The molecule has 2 heterocycles. The van der Waals surface area contributed by atoms with E-state index in [2.05, 4.69) is 5.32 Å². The first-order valence-electron chi connectivity index (χ1n) is 6.18. The van der Waals surface area contributed by atoms with Crippen molar-refractivity contribution in [1.29, 1.82) is 0 Å². The predicted molar refractivity (Wildman–Crippen MR) is 70.4 cm³/mol. The third-order valence-corrected chi connectivity index (χ3v) is 2.88. The molecular formula is C14H13NO5. The Labute approximate surface area is 114 Å². The number of fused-ring (bicyclic) bond motifs is 1. The van der Waals surface area contributed by atoms with Gasteiger partial charge in [-0.25, -0.2) is 4.79 Å². The Bertz CT molecular complexity index is 634. The Morgan fingerprint density at radius 3 is 2.70 bits per heavy atom. The lowest BCUT2D eigenvalue weighted by Crippen LogP contribution is -2.15. The first kappa shape index (κ1) is 12.4. The maximum absolute atomic E-state index is 10.7. The molecule has 2 aromatic rings. The van der Waals surface area contributed by atoms with E-state index < -0.39 is 5.97 Å². The molecule has 6 nitrogen and oxygen atoms in total. The van der Waals surface area contributed by atoms with Crippen molar-refractivity contribution in [3.8, 4) is 11.5 Å². The summed E-state index contributed by atoms with van der Waals surface area (Å²) in [7, 11) is 0. The van der Waals surface area contributed by atoms with Gasteiger partial charge in [0.2, 0.25) is 5.76 Å². The second-order valence-electron chi connectivity index (χ2n) is 4.28. The lowest BCUT2D eigenvalue weighted by Gasteiger charge is -2.19. The summed E-state index contributed by atoms with van der Waals surface area (Å²) in [6.07, 6.45) is 0. The second-order valence-corrected chi connectivity index (χ2v) is 4.28. The summed E-state index contributed by atoms with van der Waals surface area (Å²) < 4.78 is 16.1. The zero-order chi connectivity index (χ0) is 13.9. The SMILES string of the molecule is O=C(O)c1ccc(CNc2ccc3c(c2)OCCO3)o1. The maximum atomic E-state index is 10.7. The molecule has 1 aliphatic rings. The van der Waals surface area contributed by atoms with Crippen LogP contribution in [0.5, 0.6) is 11.5 Å². The van der Waals surface area contributed by atoms with Crippen LogP contribution < -0.4 is 14.8 Å². The van der Waals surface area contributed by atoms with Gasteiger partial charge in [-0.15, -0.1) is 0 Å². The van der Waals surface area contributed by atoms with Gasteiger partial charge in [0.1, 0.15) is 19.0 Å². The lowest BCUT2D eigenvalue weighted by molar-refractivity contribution is 0.0660. The second kappa shape index (κ2) is 5.16. The molecule has 20 heavy (non-hydrogen) atoms. The van der Waals surface area contributed by atoms with Crippen LogP contribution in [0.2, 0.25) is 0 Å². The molecule has 0 spiro atoms. The molecule has 1 aliphatic heterocycles. The van der Waals surface area contributed by atoms with E-state index in [9.17, 15) is 4.79 Å². The van der Waals surface area contributed by atoms with E-state index in [0.29, 0.717) is 31.3 Å². The monoisotopic (exact) mass is 275 g/mol. The molecule has 0 aliphatic carbocycles. The Balaban J connectivity index is 1.67. The predicted octanol–water partition coefficient (Wildman–Crippen LogP) is 2.36. The van der Waals surface area contributed by atoms with Crippen molar-refractivity contribution in [2.45, 2.75) is 6.54 Å². The van der Waals surface area contributed by atoms with Gasteiger partial charge in [-0.2, -0.15) is 0 Å². The first-order chi connectivity index (χ1) is 9.72. The minimum absolute atomic E-state index is 0.0658. The van der Waals surface area contributed by atoms with E-state index >= 15 is 0 Å². The van der Waals surface area contributed by atoms with Gasteiger partial charge in [0.05, 0.1) is 6.54 Å². The van der Waals surface area contributed by atoms with Crippen LogP contribution in [0, 0.1) is 0 Å². The number of furan rings is 1. The number of rotatable bonds is 4. The average molecular weight is 275 g/mol. The molecule has 0 amide bonds. The fourth-order valence-corrected chi connectivity index (χ4v) is 1.93. The number of carbonyl (C=O) groups is 1. The number of hydrogen-bond donors (Lipinski definition) is 2. The summed E-state index contributed by atoms with van der Waals surface area (Å²) in [5, 5.41) is 11.9. The molecule has 6 heteroatoms. The highest BCUT2D eigenvalue weighted by molar-refractivity contribution is 5.84. The summed E-state index contributed by atoms with van der Waals surface area (Å²) in [6, 6.07) is 8.61. The number of aromatic carboxylic acids is 1. The van der Waals surface area contributed by atoms with Crippen LogP contribution in [0.15, 0.2) is 34.7 Å². The molecule has 0 saturated heterocycles. The quantitative estimate of drug-likeness (QED) is 0.891. The number of anilines is 1. The first-order valence-corrected chi connectivity index (χ1v) is 6.18. The topological polar surface area (TPSA) is 80.9 Å². The summed E-state index contributed by atoms with van der Waals surface area (Å²) in [5.41, 5.74) is 0.850. The van der Waals surface area contributed by atoms with Crippen LogP contribution in [0.25, 0.3) is 0 Å². The highest BCUT2D eigenvalue weighted by Crippen LogP contribution is 2.32. The molecule has 1 aromatic carbocycles. The van der Waals surface area contributed by atoms with Gasteiger partial charge < -0.3 is 24.3 Å². The van der Waals surface area contributed by atoms with Crippen LogP contribution in [0.1, 0.15) is 16.3 Å². The number of benzene rings is 1. The van der Waals surface area contributed by atoms with Crippen molar-refractivity contribution in [2.75, 3.05) is 18.5 Å². The number of carboxylic acids is 1. The van der Waals surface area contributed by atoms with E-state index in [1.807, 2.05) is 18.2 Å². The molecule has 0 bridgehead atoms. The van der Waals surface area contributed by atoms with Crippen LogP contribution in [-0.2, 0) is 6.54 Å². The van der Waals surface area contributed by atoms with E-state index in [-0.39, 0.29) is 5.76 Å². The van der Waals surface area contributed by atoms with Crippen molar-refractivity contribution in [3.05, 3.63) is 41.9 Å². The number of nitrogens with one attached hydrogen (secondary N) is 1. The van der Waals surface area contributed by atoms with Crippen molar-refractivity contribution >= 4 is 11.7 Å². The summed E-state index contributed by atoms with van der Waals surface area (Å²) in [5.74, 6) is 0.844. The van der Waals surface area contributed by atoms with E-state index in [1.165, 1.54) is 6.07 Å². The number of hydrogen-bond acceptors (Lipinski definition) is 5. The normalized spacial score (nSPS) is 13.0. The van der Waals surface area contributed by atoms with Crippen molar-refractivity contribution < 1.29 is 23.8 Å². The fourth-order valence-electron chi connectivity index (χ4n) is 1.93. The Hall–Kier alpha value is -2.63. The van der Waals surface area contributed by atoms with Crippen LogP contribution in [0.3, 0.4) is 0 Å². The summed E-state index contributed by atoms with van der Waals surface area (Å²) in [6.45, 7) is 1.49. The number of ether oxygens (including phenoxy) is 2. The molecule has 0 radical (unpaired) electrons. The standard InChI is InChI=1S/C14H13NO5/c16-14(17)12-4-2-10(20-12)8-15-9-1-3-11-13(7-9)19-6-5-18-11/h1-4,7,15H,5-6,8H2,(H,16,17). The molecule has 0 saturated carbocycles. The largest absolute Gasteiger partial charge is 0.486 e. The Kier molecular flexibility index (Phi) is 3.20. The minimum atomic E-state index is -1.07. The van der Waals surface area contributed by atoms with Gasteiger partial charge in [0.25, 0.3) is 0 Å². The maximum Gasteiger partial charge on any atom is 0.371 e. The molecule has 104 valence electrons. The number of carboxylic acid groups (broad SMARTS) is 1. The van der Waals surface area contributed by atoms with Crippen molar-refractivity contribution in [1.82, 2.24) is 0 Å². The lowest BCUT2D eigenvalue weighted by atomic mass is 10.2. The molecule has 2 N–H and O–H groups in total. The van der Waals surface area contributed by atoms with Gasteiger partial charge in [-0.3, -0.25) is 0 Å². The van der Waals surface area contributed by atoms with Crippen LogP contribution in [-0.4, -0.2) is 24.3 Å². The molecule has 0 fully saturated rings. The summed E-state index contributed by atoms with van der Waals surface area (Å²) in [4.78, 5) is 10.7. The molecule has 0 unspecified atom stereocenters. The highest BCUT2D eigenvalue weighted by Gasteiger charge is 2.12. The fraction of sp³-hybridized carbons (Fsp3) is 0.214. The molecular weight excluding hydrogens is 262 g/mol. The van der Waals surface area contributed by atoms with Crippen molar-refractivity contribution in [2.24, 2.45) is 0 Å². The molecule has 3 rings (SSSR count). The Morgan fingerprint density at radius 1 is 1.15 bits per heavy atom. The van der Waals surface area contributed by atoms with Gasteiger partial charge in [0, 0.05) is 11.8 Å². The summed E-state index contributed by atoms with van der Waals surface area (Å²) >= 11 is 0. The van der Waals surface area contributed by atoms with Crippen LogP contribution in [0.4, 0.5) is 5.69 Å². The van der Waals surface area contributed by atoms with Crippen LogP contribution >= 0.6 is 0 Å². The minimum Gasteiger partial charge on any atom is -0.486 e. The molecule has 0 atom stereocenters. The third kappa shape index (κ3) is 2.54. The highest BCUT2D eigenvalue weighted by atomic mass is 16.6. The average Bonchev–Trinajstić information content (AvgIpc) is 2.94. The van der Waals surface area contributed by atoms with Gasteiger partial charge in [0.15, 0.2) is 11.5 Å². The van der Waals surface area contributed by atoms with E-state index in [0.717, 1.165) is 11.4 Å².